The maximum atomic E-state index is 11.0. The Hall–Kier alpha value is -1.81. The van der Waals surface area contributed by atoms with Crippen molar-refractivity contribution in [1.29, 1.82) is 0 Å². The summed E-state index contributed by atoms with van der Waals surface area (Å²) in [7, 11) is 0. The monoisotopic (exact) mass is 184 g/mol. The standard InChI is InChI=1S/C13H12O/c1-3-4-5-6-12-7-9-13(10-8-12)11(2)14/h3,7-10H,1,4H2,2H3. The van der Waals surface area contributed by atoms with E-state index >= 15 is 0 Å². The average molecular weight is 184 g/mol. The van der Waals surface area contributed by atoms with Crippen LogP contribution < -0.4 is 0 Å². The van der Waals surface area contributed by atoms with Crippen molar-refractivity contribution in [3.8, 4) is 11.8 Å². The number of benzene rings is 1. The van der Waals surface area contributed by atoms with Gasteiger partial charge in [0.25, 0.3) is 0 Å². The minimum Gasteiger partial charge on any atom is -0.295 e. The van der Waals surface area contributed by atoms with Crippen molar-refractivity contribution in [2.75, 3.05) is 0 Å². The van der Waals surface area contributed by atoms with Crippen molar-refractivity contribution in [3.05, 3.63) is 48.0 Å². The fourth-order valence-electron chi connectivity index (χ4n) is 1.01. The molecule has 0 aliphatic rings. The van der Waals surface area contributed by atoms with Crippen LogP contribution in [0, 0.1) is 11.8 Å². The maximum absolute atomic E-state index is 11.0. The van der Waals surface area contributed by atoms with Crippen LogP contribution in [0.1, 0.15) is 29.3 Å². The Morgan fingerprint density at radius 2 is 2.07 bits per heavy atom. The topological polar surface area (TPSA) is 17.1 Å². The van der Waals surface area contributed by atoms with E-state index in [-0.39, 0.29) is 5.78 Å². The summed E-state index contributed by atoms with van der Waals surface area (Å²) in [6, 6.07) is 7.29. The molecule has 14 heavy (non-hydrogen) atoms. The Morgan fingerprint density at radius 1 is 1.43 bits per heavy atom. The Morgan fingerprint density at radius 3 is 2.57 bits per heavy atom. The minimum absolute atomic E-state index is 0.0793. The van der Waals surface area contributed by atoms with E-state index in [0.717, 1.165) is 11.1 Å². The van der Waals surface area contributed by atoms with E-state index in [9.17, 15) is 4.79 Å². The first kappa shape index (κ1) is 10.3. The second kappa shape index (κ2) is 5.04. The van der Waals surface area contributed by atoms with Gasteiger partial charge in [0.1, 0.15) is 0 Å². The fraction of sp³-hybridized carbons (Fsp3) is 0.154. The summed E-state index contributed by atoms with van der Waals surface area (Å²) >= 11 is 0. The van der Waals surface area contributed by atoms with Crippen LogP contribution in [0.2, 0.25) is 0 Å². The van der Waals surface area contributed by atoms with Gasteiger partial charge in [-0.05, 0) is 19.1 Å². The summed E-state index contributed by atoms with van der Waals surface area (Å²) in [5.41, 5.74) is 1.65. The van der Waals surface area contributed by atoms with Crippen molar-refractivity contribution >= 4 is 5.78 Å². The third-order valence-corrected chi connectivity index (χ3v) is 1.77. The molecule has 0 fully saturated rings. The lowest BCUT2D eigenvalue weighted by Gasteiger charge is -1.94. The molecule has 0 saturated heterocycles. The van der Waals surface area contributed by atoms with E-state index in [4.69, 9.17) is 0 Å². The van der Waals surface area contributed by atoms with Crippen molar-refractivity contribution in [2.24, 2.45) is 0 Å². The normalized spacial score (nSPS) is 8.64. The number of rotatable bonds is 2. The van der Waals surface area contributed by atoms with Gasteiger partial charge in [0.05, 0.1) is 0 Å². The Labute approximate surface area is 84.5 Å². The third kappa shape index (κ3) is 2.91. The molecule has 1 rings (SSSR count). The Bertz CT molecular complexity index is 387. The molecule has 0 aromatic heterocycles. The van der Waals surface area contributed by atoms with Gasteiger partial charge in [-0.3, -0.25) is 4.79 Å². The van der Waals surface area contributed by atoms with Gasteiger partial charge in [-0.15, -0.1) is 6.58 Å². The predicted octanol–water partition coefficient (Wildman–Crippen LogP) is 2.82. The van der Waals surface area contributed by atoms with Crippen LogP contribution in [0.25, 0.3) is 0 Å². The molecule has 1 aromatic rings. The van der Waals surface area contributed by atoms with E-state index in [1.807, 2.05) is 12.1 Å². The van der Waals surface area contributed by atoms with E-state index in [0.29, 0.717) is 6.42 Å². The molecule has 0 radical (unpaired) electrons. The zero-order chi connectivity index (χ0) is 10.4. The molecule has 0 amide bonds. The molecule has 0 atom stereocenters. The highest BCUT2D eigenvalue weighted by atomic mass is 16.1. The van der Waals surface area contributed by atoms with Gasteiger partial charge in [-0.25, -0.2) is 0 Å². The molecule has 0 heterocycles. The molecule has 1 heteroatoms. The van der Waals surface area contributed by atoms with Gasteiger partial charge in [-0.1, -0.05) is 30.0 Å². The molecule has 0 aliphatic heterocycles. The molecule has 70 valence electrons. The summed E-state index contributed by atoms with van der Waals surface area (Å²) in [4.78, 5) is 11.0. The van der Waals surface area contributed by atoms with Crippen LogP contribution in [0.5, 0.6) is 0 Å². The summed E-state index contributed by atoms with van der Waals surface area (Å²) in [6.07, 6.45) is 2.45. The van der Waals surface area contributed by atoms with Crippen molar-refractivity contribution < 1.29 is 4.79 Å². The van der Waals surface area contributed by atoms with Gasteiger partial charge >= 0.3 is 0 Å². The van der Waals surface area contributed by atoms with Crippen LogP contribution in [0.4, 0.5) is 0 Å². The van der Waals surface area contributed by atoms with Gasteiger partial charge in [0, 0.05) is 17.5 Å². The number of hydrogen-bond acceptors (Lipinski definition) is 1. The molecular weight excluding hydrogens is 172 g/mol. The molecule has 0 N–H and O–H groups in total. The molecular formula is C13H12O. The highest BCUT2D eigenvalue weighted by molar-refractivity contribution is 5.94. The van der Waals surface area contributed by atoms with Crippen LogP contribution in [0.3, 0.4) is 0 Å². The predicted molar refractivity (Wildman–Crippen MR) is 58.1 cm³/mol. The highest BCUT2D eigenvalue weighted by Crippen LogP contribution is 2.03. The number of allylic oxidation sites excluding steroid dienone is 1. The second-order valence-electron chi connectivity index (χ2n) is 2.93. The van der Waals surface area contributed by atoms with E-state index in [1.54, 1.807) is 25.1 Å². The molecule has 1 aromatic carbocycles. The van der Waals surface area contributed by atoms with E-state index in [2.05, 4.69) is 18.4 Å². The third-order valence-electron chi connectivity index (χ3n) is 1.77. The highest BCUT2D eigenvalue weighted by Gasteiger charge is 1.96. The molecule has 0 aliphatic carbocycles. The number of ketones is 1. The lowest BCUT2D eigenvalue weighted by Crippen LogP contribution is -1.90. The smallest absolute Gasteiger partial charge is 0.159 e. The van der Waals surface area contributed by atoms with Crippen LogP contribution >= 0.6 is 0 Å². The first-order valence-electron chi connectivity index (χ1n) is 4.45. The van der Waals surface area contributed by atoms with Gasteiger partial charge in [-0.2, -0.15) is 0 Å². The average Bonchev–Trinajstić information content (AvgIpc) is 2.19. The van der Waals surface area contributed by atoms with Crippen LogP contribution in [-0.2, 0) is 0 Å². The van der Waals surface area contributed by atoms with E-state index in [1.165, 1.54) is 0 Å². The van der Waals surface area contributed by atoms with Crippen LogP contribution in [-0.4, -0.2) is 5.78 Å². The zero-order valence-electron chi connectivity index (χ0n) is 8.21. The zero-order valence-corrected chi connectivity index (χ0v) is 8.21. The van der Waals surface area contributed by atoms with Crippen molar-refractivity contribution in [1.82, 2.24) is 0 Å². The summed E-state index contributed by atoms with van der Waals surface area (Å²) in [6.45, 7) is 5.14. The largest absolute Gasteiger partial charge is 0.295 e. The van der Waals surface area contributed by atoms with Crippen molar-refractivity contribution in [2.45, 2.75) is 13.3 Å². The second-order valence-corrected chi connectivity index (χ2v) is 2.93. The van der Waals surface area contributed by atoms with Gasteiger partial charge in [0.2, 0.25) is 0 Å². The molecule has 0 bridgehead atoms. The quantitative estimate of drug-likeness (QED) is 0.392. The van der Waals surface area contributed by atoms with E-state index < -0.39 is 0 Å². The first-order chi connectivity index (χ1) is 6.74. The lowest BCUT2D eigenvalue weighted by molar-refractivity contribution is 0.101. The number of hydrogen-bond donors (Lipinski definition) is 0. The molecule has 0 spiro atoms. The number of carbonyl (C=O) groups excluding carboxylic acids is 1. The maximum Gasteiger partial charge on any atom is 0.159 e. The fourth-order valence-corrected chi connectivity index (χ4v) is 1.01. The Kier molecular flexibility index (Phi) is 3.69. The summed E-state index contributed by atoms with van der Waals surface area (Å²) in [5, 5.41) is 0. The van der Waals surface area contributed by atoms with Crippen molar-refractivity contribution in [3.63, 3.8) is 0 Å². The SMILES string of the molecule is C=CCC#Cc1ccc(C(C)=O)cc1. The Balaban J connectivity index is 2.80. The summed E-state index contributed by atoms with van der Waals surface area (Å²) < 4.78 is 0. The minimum atomic E-state index is 0.0793. The summed E-state index contributed by atoms with van der Waals surface area (Å²) in [5.74, 6) is 6.01. The number of carbonyl (C=O) groups is 1. The van der Waals surface area contributed by atoms with Crippen LogP contribution in [0.15, 0.2) is 36.9 Å². The molecule has 0 saturated carbocycles. The van der Waals surface area contributed by atoms with Gasteiger partial charge < -0.3 is 0 Å². The molecule has 1 nitrogen and oxygen atoms in total. The van der Waals surface area contributed by atoms with Gasteiger partial charge in [0.15, 0.2) is 5.78 Å². The lowest BCUT2D eigenvalue weighted by atomic mass is 10.1. The first-order valence-corrected chi connectivity index (χ1v) is 4.45. The number of Topliss-reactive ketones (excluding diaryl/α,β-unsaturated/α-hetero) is 1. The molecule has 0 unspecified atom stereocenters.